The van der Waals surface area contributed by atoms with Gasteiger partial charge in [0.2, 0.25) is 5.76 Å². The summed E-state index contributed by atoms with van der Waals surface area (Å²) in [6.45, 7) is 0.405. The molecule has 0 bridgehead atoms. The maximum absolute atomic E-state index is 10.9. The molecule has 0 fully saturated rings. The molecule has 5 nitrogen and oxygen atoms in total. The van der Waals surface area contributed by atoms with Crippen LogP contribution in [0.3, 0.4) is 0 Å². The number of rotatable bonds is 4. The van der Waals surface area contributed by atoms with E-state index in [0.29, 0.717) is 12.1 Å². The molecule has 0 saturated carbocycles. The highest BCUT2D eigenvalue weighted by molar-refractivity contribution is 7.16. The van der Waals surface area contributed by atoms with Gasteiger partial charge in [0.15, 0.2) is 0 Å². The minimum absolute atomic E-state index is 0.0219. The fourth-order valence-electron chi connectivity index (χ4n) is 1.82. The van der Waals surface area contributed by atoms with E-state index in [9.17, 15) is 4.79 Å². The highest BCUT2D eigenvalue weighted by Gasteiger charge is 2.13. The number of hydrogen-bond donors (Lipinski definition) is 2. The molecule has 0 radical (unpaired) electrons. The van der Waals surface area contributed by atoms with Crippen LogP contribution in [-0.2, 0) is 6.54 Å². The highest BCUT2D eigenvalue weighted by Crippen LogP contribution is 2.22. The Balaban J connectivity index is 1.78. The number of carbonyl (C=O) groups is 1. The zero-order valence-corrected chi connectivity index (χ0v) is 10.6. The SMILES string of the molecule is O=C(O)c1occc1CNc1ccc2ncsc2c1. The van der Waals surface area contributed by atoms with E-state index in [1.165, 1.54) is 6.26 Å². The van der Waals surface area contributed by atoms with Gasteiger partial charge in [0.1, 0.15) is 0 Å². The van der Waals surface area contributed by atoms with Crippen LogP contribution >= 0.6 is 11.3 Å². The molecule has 0 amide bonds. The van der Waals surface area contributed by atoms with Gasteiger partial charge in [0, 0.05) is 17.8 Å². The lowest BCUT2D eigenvalue weighted by Gasteiger charge is -2.05. The smallest absolute Gasteiger partial charge is 0.372 e. The monoisotopic (exact) mass is 274 g/mol. The molecule has 96 valence electrons. The summed E-state index contributed by atoms with van der Waals surface area (Å²) in [4.78, 5) is 15.1. The van der Waals surface area contributed by atoms with Gasteiger partial charge in [-0.25, -0.2) is 9.78 Å². The summed E-state index contributed by atoms with van der Waals surface area (Å²) in [6, 6.07) is 7.50. The van der Waals surface area contributed by atoms with Crippen LogP contribution in [0.2, 0.25) is 0 Å². The van der Waals surface area contributed by atoms with Gasteiger partial charge in [0.05, 0.1) is 22.0 Å². The molecule has 0 saturated heterocycles. The predicted molar refractivity (Wildman–Crippen MR) is 72.6 cm³/mol. The maximum Gasteiger partial charge on any atom is 0.372 e. The summed E-state index contributed by atoms with van der Waals surface area (Å²) >= 11 is 1.57. The molecule has 3 rings (SSSR count). The number of nitrogens with zero attached hydrogens (tertiary/aromatic N) is 1. The first kappa shape index (κ1) is 11.7. The number of furan rings is 1. The van der Waals surface area contributed by atoms with Gasteiger partial charge in [-0.1, -0.05) is 0 Å². The van der Waals surface area contributed by atoms with Crippen molar-refractivity contribution in [1.29, 1.82) is 0 Å². The molecular weight excluding hydrogens is 264 g/mol. The van der Waals surface area contributed by atoms with E-state index < -0.39 is 5.97 Å². The molecule has 0 atom stereocenters. The van der Waals surface area contributed by atoms with E-state index >= 15 is 0 Å². The van der Waals surface area contributed by atoms with Crippen LogP contribution in [0.5, 0.6) is 0 Å². The van der Waals surface area contributed by atoms with Crippen molar-refractivity contribution in [2.75, 3.05) is 5.32 Å². The van der Waals surface area contributed by atoms with Crippen molar-refractivity contribution < 1.29 is 14.3 Å². The molecule has 0 aliphatic heterocycles. The molecule has 3 aromatic rings. The van der Waals surface area contributed by atoms with Crippen LogP contribution in [0.4, 0.5) is 5.69 Å². The van der Waals surface area contributed by atoms with Crippen molar-refractivity contribution in [3.8, 4) is 0 Å². The van der Waals surface area contributed by atoms with Gasteiger partial charge in [-0.05, 0) is 24.3 Å². The van der Waals surface area contributed by atoms with Crippen LogP contribution in [0, 0.1) is 0 Å². The zero-order valence-electron chi connectivity index (χ0n) is 9.79. The Kier molecular flexibility index (Phi) is 2.92. The van der Waals surface area contributed by atoms with Gasteiger partial charge in [-0.2, -0.15) is 0 Å². The summed E-state index contributed by atoms with van der Waals surface area (Å²) in [7, 11) is 0. The number of thiazole rings is 1. The number of carboxylic acids is 1. The lowest BCUT2D eigenvalue weighted by atomic mass is 10.2. The van der Waals surface area contributed by atoms with E-state index in [0.717, 1.165) is 15.9 Å². The van der Waals surface area contributed by atoms with Gasteiger partial charge >= 0.3 is 5.97 Å². The average molecular weight is 274 g/mol. The molecular formula is C13H10N2O3S. The standard InChI is InChI=1S/C13H10N2O3S/c16-13(17)12-8(3-4-18-12)6-14-9-1-2-10-11(5-9)19-7-15-10/h1-5,7,14H,6H2,(H,16,17). The van der Waals surface area contributed by atoms with E-state index in [-0.39, 0.29) is 5.76 Å². The van der Waals surface area contributed by atoms with Crippen molar-refractivity contribution in [2.45, 2.75) is 6.54 Å². The molecule has 2 aromatic heterocycles. The molecule has 6 heteroatoms. The van der Waals surface area contributed by atoms with Crippen molar-refractivity contribution >= 4 is 33.2 Å². The minimum Gasteiger partial charge on any atom is -0.475 e. The van der Waals surface area contributed by atoms with E-state index in [1.54, 1.807) is 22.9 Å². The summed E-state index contributed by atoms with van der Waals surface area (Å²) in [5.41, 5.74) is 4.31. The van der Waals surface area contributed by atoms with Crippen LogP contribution in [0.1, 0.15) is 16.1 Å². The molecule has 1 aromatic carbocycles. The molecule has 2 N–H and O–H groups in total. The minimum atomic E-state index is -1.06. The second-order valence-electron chi connectivity index (χ2n) is 3.97. The van der Waals surface area contributed by atoms with Crippen LogP contribution in [-0.4, -0.2) is 16.1 Å². The summed E-state index contributed by atoms with van der Waals surface area (Å²) in [5.74, 6) is -1.08. The van der Waals surface area contributed by atoms with Gasteiger partial charge in [-0.3, -0.25) is 0 Å². The fraction of sp³-hybridized carbons (Fsp3) is 0.0769. The summed E-state index contributed by atoms with van der Waals surface area (Å²) in [5, 5.41) is 12.1. The number of nitrogens with one attached hydrogen (secondary N) is 1. The average Bonchev–Trinajstić information content (AvgIpc) is 3.04. The third kappa shape index (κ3) is 2.30. The molecule has 19 heavy (non-hydrogen) atoms. The van der Waals surface area contributed by atoms with Crippen LogP contribution in [0.25, 0.3) is 10.2 Å². The molecule has 2 heterocycles. The number of carboxylic acid groups (broad SMARTS) is 1. The topological polar surface area (TPSA) is 75.4 Å². The van der Waals surface area contributed by atoms with Crippen molar-refractivity contribution in [3.05, 3.63) is 47.4 Å². The van der Waals surface area contributed by atoms with Crippen LogP contribution in [0.15, 0.2) is 40.5 Å². The summed E-state index contributed by atoms with van der Waals surface area (Å²) < 4.78 is 6.02. The third-order valence-electron chi connectivity index (χ3n) is 2.76. The van der Waals surface area contributed by atoms with Gasteiger partial charge in [0.25, 0.3) is 0 Å². The first-order valence-corrected chi connectivity index (χ1v) is 6.49. The second kappa shape index (κ2) is 4.74. The first-order chi connectivity index (χ1) is 9.24. The van der Waals surface area contributed by atoms with Crippen molar-refractivity contribution in [1.82, 2.24) is 4.98 Å². The molecule has 0 unspecified atom stereocenters. The largest absolute Gasteiger partial charge is 0.475 e. The number of aromatic nitrogens is 1. The maximum atomic E-state index is 10.9. The number of aromatic carboxylic acids is 1. The first-order valence-electron chi connectivity index (χ1n) is 5.61. The Morgan fingerprint density at radius 2 is 2.32 bits per heavy atom. The third-order valence-corrected chi connectivity index (χ3v) is 3.55. The zero-order chi connectivity index (χ0) is 13.2. The number of hydrogen-bond acceptors (Lipinski definition) is 5. The highest BCUT2D eigenvalue weighted by atomic mass is 32.1. The van der Waals surface area contributed by atoms with Crippen LogP contribution < -0.4 is 5.32 Å². The predicted octanol–water partition coefficient (Wildman–Crippen LogP) is 3.20. The quantitative estimate of drug-likeness (QED) is 0.764. The Morgan fingerprint density at radius 1 is 1.42 bits per heavy atom. The Bertz CT molecular complexity index is 732. The Morgan fingerprint density at radius 3 is 3.16 bits per heavy atom. The van der Waals surface area contributed by atoms with Gasteiger partial charge < -0.3 is 14.8 Å². The molecule has 0 aliphatic carbocycles. The Hall–Kier alpha value is -2.34. The summed E-state index contributed by atoms with van der Waals surface area (Å²) in [6.07, 6.45) is 1.38. The number of benzene rings is 1. The molecule has 0 aliphatic rings. The van der Waals surface area contributed by atoms with Gasteiger partial charge in [-0.15, -0.1) is 11.3 Å². The van der Waals surface area contributed by atoms with Crippen molar-refractivity contribution in [3.63, 3.8) is 0 Å². The number of anilines is 1. The normalized spacial score (nSPS) is 10.7. The van der Waals surface area contributed by atoms with E-state index in [4.69, 9.17) is 9.52 Å². The second-order valence-corrected chi connectivity index (χ2v) is 4.85. The lowest BCUT2D eigenvalue weighted by molar-refractivity contribution is 0.0661. The van der Waals surface area contributed by atoms with E-state index in [2.05, 4.69) is 10.3 Å². The number of fused-ring (bicyclic) bond motifs is 1. The Labute approximate surface area is 112 Å². The fourth-order valence-corrected chi connectivity index (χ4v) is 2.54. The lowest BCUT2D eigenvalue weighted by Crippen LogP contribution is -2.04. The molecule has 0 spiro atoms. The van der Waals surface area contributed by atoms with Crippen molar-refractivity contribution in [2.24, 2.45) is 0 Å². The van der Waals surface area contributed by atoms with E-state index in [1.807, 2.05) is 18.2 Å².